The lowest BCUT2D eigenvalue weighted by Gasteiger charge is -2.10. The van der Waals surface area contributed by atoms with Gasteiger partial charge in [-0.1, -0.05) is 19.0 Å². The third-order valence-electron chi connectivity index (χ3n) is 5.19. The maximum atomic E-state index is 5.50. The summed E-state index contributed by atoms with van der Waals surface area (Å²) < 4.78 is 12.6. The summed E-state index contributed by atoms with van der Waals surface area (Å²) in [6.45, 7) is 13.8. The van der Waals surface area contributed by atoms with E-state index in [9.17, 15) is 0 Å². The smallest absolute Gasteiger partial charge is 0.191 e. The molecule has 0 unspecified atom stereocenters. The number of guanidine groups is 1. The average molecular weight is 405 g/mol. The zero-order valence-electron chi connectivity index (χ0n) is 18.7. The number of hydrogen-bond acceptors (Lipinski definition) is 5. The first-order chi connectivity index (χ1) is 14.0. The van der Waals surface area contributed by atoms with Crippen LogP contribution in [0.15, 0.2) is 15.6 Å². The number of nitrogens with one attached hydrogen (secondary N) is 2. The second-order valence-corrected chi connectivity index (χ2v) is 7.15. The molecule has 0 radical (unpaired) electrons. The summed E-state index contributed by atoms with van der Waals surface area (Å²) in [6, 6.07) is 2.04. The van der Waals surface area contributed by atoms with Crippen molar-refractivity contribution in [2.75, 3.05) is 20.3 Å². The van der Waals surface area contributed by atoms with Gasteiger partial charge in [0.2, 0.25) is 0 Å². The Morgan fingerprint density at radius 2 is 2.00 bits per heavy atom. The minimum absolute atomic E-state index is 0.454. The van der Waals surface area contributed by atoms with Crippen LogP contribution in [0, 0.1) is 13.8 Å². The maximum Gasteiger partial charge on any atom is 0.191 e. The van der Waals surface area contributed by atoms with Crippen molar-refractivity contribution in [3.8, 4) is 0 Å². The number of nitrogens with zero attached hydrogens (tertiary/aromatic N) is 4. The molecule has 2 aromatic rings. The molecular formula is C21H36N6O2. The Balaban J connectivity index is 2.02. The van der Waals surface area contributed by atoms with E-state index in [4.69, 9.17) is 14.3 Å². The zero-order chi connectivity index (χ0) is 21.2. The Labute approximate surface area is 174 Å². The molecule has 0 aliphatic rings. The van der Waals surface area contributed by atoms with E-state index in [1.54, 1.807) is 7.11 Å². The summed E-state index contributed by atoms with van der Waals surface area (Å²) >= 11 is 0. The van der Waals surface area contributed by atoms with Gasteiger partial charge in [-0.2, -0.15) is 5.10 Å². The van der Waals surface area contributed by atoms with E-state index >= 15 is 0 Å². The van der Waals surface area contributed by atoms with Gasteiger partial charge in [0, 0.05) is 36.9 Å². The highest BCUT2D eigenvalue weighted by Gasteiger charge is 2.14. The first kappa shape index (κ1) is 22.9. The van der Waals surface area contributed by atoms with Crippen LogP contribution in [-0.2, 0) is 24.4 Å². The molecule has 0 atom stereocenters. The molecule has 0 fully saturated rings. The number of aliphatic imine (C=N–C) groups is 1. The number of hydrogen-bond donors (Lipinski definition) is 2. The molecule has 2 N–H and O–H groups in total. The van der Waals surface area contributed by atoms with E-state index in [2.05, 4.69) is 48.6 Å². The number of aromatic nitrogens is 3. The first-order valence-corrected chi connectivity index (χ1v) is 10.5. The number of methoxy groups -OCH3 is 1. The number of ether oxygens (including phenoxy) is 1. The second kappa shape index (κ2) is 11.6. The molecule has 162 valence electrons. The summed E-state index contributed by atoms with van der Waals surface area (Å²) in [5.41, 5.74) is 4.31. The van der Waals surface area contributed by atoms with E-state index in [1.165, 1.54) is 0 Å². The molecule has 0 aromatic carbocycles. The molecule has 8 nitrogen and oxygen atoms in total. The minimum atomic E-state index is 0.454. The number of rotatable bonds is 11. The standard InChI is InChI=1S/C21H36N6O2/c1-7-17(8-2)20-12-18(29-26-20)13-23-21(22-9-3)24-14-19-15(4)25-27(16(19)5)10-11-28-6/h12,17H,7-11,13-14H2,1-6H3,(H2,22,23,24). The molecule has 8 heteroatoms. The fourth-order valence-electron chi connectivity index (χ4n) is 3.34. The van der Waals surface area contributed by atoms with Crippen molar-refractivity contribution in [3.63, 3.8) is 0 Å². The van der Waals surface area contributed by atoms with Gasteiger partial charge in [-0.05, 0) is 33.6 Å². The van der Waals surface area contributed by atoms with E-state index < -0.39 is 0 Å². The molecule has 29 heavy (non-hydrogen) atoms. The quantitative estimate of drug-likeness (QED) is 0.441. The van der Waals surface area contributed by atoms with Crippen LogP contribution in [0.25, 0.3) is 0 Å². The molecule has 0 saturated carbocycles. The van der Waals surface area contributed by atoms with Gasteiger partial charge in [0.25, 0.3) is 0 Å². The Morgan fingerprint density at radius 3 is 2.66 bits per heavy atom. The normalized spacial score (nSPS) is 12.0. The minimum Gasteiger partial charge on any atom is -0.383 e. The van der Waals surface area contributed by atoms with Gasteiger partial charge in [0.1, 0.15) is 0 Å². The molecule has 2 aromatic heterocycles. The van der Waals surface area contributed by atoms with Gasteiger partial charge in [-0.25, -0.2) is 4.99 Å². The van der Waals surface area contributed by atoms with Crippen molar-refractivity contribution in [2.45, 2.75) is 73.0 Å². The van der Waals surface area contributed by atoms with E-state index in [1.807, 2.05) is 17.7 Å². The largest absolute Gasteiger partial charge is 0.383 e. The van der Waals surface area contributed by atoms with Crippen molar-refractivity contribution < 1.29 is 9.26 Å². The van der Waals surface area contributed by atoms with E-state index in [0.29, 0.717) is 25.6 Å². The van der Waals surface area contributed by atoms with Gasteiger partial charge in [0.15, 0.2) is 11.7 Å². The van der Waals surface area contributed by atoms with Crippen molar-refractivity contribution in [1.82, 2.24) is 25.6 Å². The Bertz CT molecular complexity index is 776. The van der Waals surface area contributed by atoms with Crippen molar-refractivity contribution in [3.05, 3.63) is 34.5 Å². The third kappa shape index (κ3) is 6.32. The predicted octanol–water partition coefficient (Wildman–Crippen LogP) is 3.29. The van der Waals surface area contributed by atoms with Crippen LogP contribution in [0.4, 0.5) is 0 Å². The molecule has 0 aliphatic carbocycles. The lowest BCUT2D eigenvalue weighted by atomic mass is 9.99. The lowest BCUT2D eigenvalue weighted by molar-refractivity contribution is 0.182. The molecule has 0 bridgehead atoms. The van der Waals surface area contributed by atoms with Gasteiger partial charge >= 0.3 is 0 Å². The van der Waals surface area contributed by atoms with Crippen LogP contribution in [0.3, 0.4) is 0 Å². The summed E-state index contributed by atoms with van der Waals surface area (Å²) in [5.74, 6) is 2.02. The van der Waals surface area contributed by atoms with Crippen LogP contribution in [0.1, 0.15) is 67.9 Å². The monoisotopic (exact) mass is 404 g/mol. The predicted molar refractivity (Wildman–Crippen MR) is 115 cm³/mol. The molecule has 2 rings (SSSR count). The van der Waals surface area contributed by atoms with E-state index in [0.717, 1.165) is 60.3 Å². The highest BCUT2D eigenvalue weighted by Crippen LogP contribution is 2.22. The van der Waals surface area contributed by atoms with Crippen LogP contribution >= 0.6 is 0 Å². The summed E-state index contributed by atoms with van der Waals surface area (Å²) in [6.07, 6.45) is 2.13. The van der Waals surface area contributed by atoms with Crippen molar-refractivity contribution >= 4 is 5.96 Å². The van der Waals surface area contributed by atoms with Crippen molar-refractivity contribution in [2.24, 2.45) is 4.99 Å². The molecule has 0 aliphatic heterocycles. The Kier molecular flexibility index (Phi) is 9.18. The van der Waals surface area contributed by atoms with Crippen LogP contribution in [-0.4, -0.2) is 41.2 Å². The average Bonchev–Trinajstić information content (AvgIpc) is 3.28. The lowest BCUT2D eigenvalue weighted by Crippen LogP contribution is -2.36. The first-order valence-electron chi connectivity index (χ1n) is 10.5. The van der Waals surface area contributed by atoms with E-state index in [-0.39, 0.29) is 0 Å². The van der Waals surface area contributed by atoms with Crippen LogP contribution in [0.2, 0.25) is 0 Å². The zero-order valence-corrected chi connectivity index (χ0v) is 18.7. The fourth-order valence-corrected chi connectivity index (χ4v) is 3.34. The second-order valence-electron chi connectivity index (χ2n) is 7.15. The van der Waals surface area contributed by atoms with Gasteiger partial charge in [0.05, 0.1) is 37.6 Å². The molecule has 0 spiro atoms. The topological polar surface area (TPSA) is 89.5 Å². The highest BCUT2D eigenvalue weighted by atomic mass is 16.5. The SMILES string of the molecule is CCNC(=NCc1c(C)nn(CCOC)c1C)NCc1cc(C(CC)CC)no1. The maximum absolute atomic E-state index is 5.50. The molecule has 2 heterocycles. The summed E-state index contributed by atoms with van der Waals surface area (Å²) in [4.78, 5) is 4.74. The third-order valence-corrected chi connectivity index (χ3v) is 5.19. The molecular weight excluding hydrogens is 368 g/mol. The van der Waals surface area contributed by atoms with Crippen LogP contribution in [0.5, 0.6) is 0 Å². The van der Waals surface area contributed by atoms with Gasteiger partial charge in [-0.3, -0.25) is 4.68 Å². The Morgan fingerprint density at radius 1 is 1.24 bits per heavy atom. The van der Waals surface area contributed by atoms with Gasteiger partial charge in [-0.15, -0.1) is 0 Å². The highest BCUT2D eigenvalue weighted by molar-refractivity contribution is 5.79. The Hall–Kier alpha value is -2.35. The number of aryl methyl sites for hydroxylation is 1. The van der Waals surface area contributed by atoms with Crippen LogP contribution < -0.4 is 10.6 Å². The fraction of sp³-hybridized carbons (Fsp3) is 0.667. The van der Waals surface area contributed by atoms with Crippen molar-refractivity contribution in [1.29, 1.82) is 0 Å². The summed E-state index contributed by atoms with van der Waals surface area (Å²) in [7, 11) is 1.70. The molecule has 0 saturated heterocycles. The summed E-state index contributed by atoms with van der Waals surface area (Å²) in [5, 5.41) is 15.5. The molecule has 0 amide bonds. The van der Waals surface area contributed by atoms with Gasteiger partial charge < -0.3 is 19.9 Å².